The highest BCUT2D eigenvalue weighted by Gasteiger charge is 2.30. The standard InChI is InChI=1S/C15H20ClFN2/c16-13-4-3-11(14(17)8-13)9-19-7-5-15-12(10-19)2-1-6-18-15/h3-4,8,12,15,18H,1-2,5-7,9-10H2. The number of halogens is 2. The third kappa shape index (κ3) is 3.10. The first-order chi connectivity index (χ1) is 9.22. The van der Waals surface area contributed by atoms with Gasteiger partial charge in [-0.3, -0.25) is 4.90 Å². The maximum atomic E-state index is 13.8. The molecule has 2 fully saturated rings. The molecule has 2 heterocycles. The van der Waals surface area contributed by atoms with Gasteiger partial charge in [-0.1, -0.05) is 17.7 Å². The number of likely N-dealkylation sites (tertiary alicyclic amines) is 1. The average molecular weight is 283 g/mol. The summed E-state index contributed by atoms with van der Waals surface area (Å²) in [7, 11) is 0. The zero-order valence-corrected chi connectivity index (χ0v) is 11.8. The molecule has 3 rings (SSSR count). The van der Waals surface area contributed by atoms with Gasteiger partial charge in [0.2, 0.25) is 0 Å². The van der Waals surface area contributed by atoms with Crippen LogP contribution in [0.15, 0.2) is 18.2 Å². The number of nitrogens with one attached hydrogen (secondary N) is 1. The molecular weight excluding hydrogens is 263 g/mol. The van der Waals surface area contributed by atoms with Crippen molar-refractivity contribution >= 4 is 11.6 Å². The molecule has 2 aliphatic heterocycles. The number of hydrogen-bond acceptors (Lipinski definition) is 2. The number of nitrogens with zero attached hydrogens (tertiary/aromatic N) is 1. The minimum Gasteiger partial charge on any atom is -0.314 e. The van der Waals surface area contributed by atoms with Gasteiger partial charge in [0, 0.05) is 29.7 Å². The third-order valence-electron chi connectivity index (χ3n) is 4.39. The van der Waals surface area contributed by atoms with Gasteiger partial charge in [0.25, 0.3) is 0 Å². The van der Waals surface area contributed by atoms with E-state index in [9.17, 15) is 4.39 Å². The fourth-order valence-electron chi connectivity index (χ4n) is 3.35. The summed E-state index contributed by atoms with van der Waals surface area (Å²) in [6.45, 7) is 4.00. The van der Waals surface area contributed by atoms with Crippen LogP contribution in [0.5, 0.6) is 0 Å². The zero-order valence-electron chi connectivity index (χ0n) is 11.0. The largest absolute Gasteiger partial charge is 0.314 e. The Morgan fingerprint density at radius 3 is 3.11 bits per heavy atom. The van der Waals surface area contributed by atoms with Crippen LogP contribution in [-0.2, 0) is 6.54 Å². The lowest BCUT2D eigenvalue weighted by atomic mass is 9.85. The van der Waals surface area contributed by atoms with E-state index in [0.29, 0.717) is 17.6 Å². The molecule has 4 heteroatoms. The van der Waals surface area contributed by atoms with Crippen molar-refractivity contribution in [2.75, 3.05) is 19.6 Å². The van der Waals surface area contributed by atoms with Crippen LogP contribution in [0.4, 0.5) is 4.39 Å². The lowest BCUT2D eigenvalue weighted by molar-refractivity contribution is 0.108. The second kappa shape index (κ2) is 5.78. The van der Waals surface area contributed by atoms with Crippen LogP contribution in [-0.4, -0.2) is 30.6 Å². The maximum absolute atomic E-state index is 13.8. The van der Waals surface area contributed by atoms with Gasteiger partial charge in [0.15, 0.2) is 0 Å². The molecule has 1 aromatic rings. The van der Waals surface area contributed by atoms with Crippen molar-refractivity contribution in [2.24, 2.45) is 5.92 Å². The highest BCUT2D eigenvalue weighted by atomic mass is 35.5. The zero-order chi connectivity index (χ0) is 13.2. The van der Waals surface area contributed by atoms with Gasteiger partial charge in [0.05, 0.1) is 0 Å². The van der Waals surface area contributed by atoms with E-state index in [-0.39, 0.29) is 5.82 Å². The molecule has 0 aliphatic carbocycles. The first-order valence-electron chi connectivity index (χ1n) is 7.12. The van der Waals surface area contributed by atoms with Gasteiger partial charge in [-0.05, 0) is 50.4 Å². The van der Waals surface area contributed by atoms with Crippen molar-refractivity contribution in [3.05, 3.63) is 34.6 Å². The lowest BCUT2D eigenvalue weighted by Gasteiger charge is -2.41. The van der Waals surface area contributed by atoms with Gasteiger partial charge < -0.3 is 5.32 Å². The normalized spacial score (nSPS) is 28.1. The van der Waals surface area contributed by atoms with Crippen molar-refractivity contribution in [2.45, 2.75) is 31.8 Å². The van der Waals surface area contributed by atoms with Crippen molar-refractivity contribution in [3.63, 3.8) is 0 Å². The summed E-state index contributed by atoms with van der Waals surface area (Å²) in [6, 6.07) is 5.67. The van der Waals surface area contributed by atoms with Crippen molar-refractivity contribution in [1.29, 1.82) is 0 Å². The van der Waals surface area contributed by atoms with Crippen molar-refractivity contribution < 1.29 is 4.39 Å². The Kier molecular flexibility index (Phi) is 4.06. The van der Waals surface area contributed by atoms with Crippen molar-refractivity contribution in [1.82, 2.24) is 10.2 Å². The second-order valence-electron chi connectivity index (χ2n) is 5.72. The molecule has 0 saturated carbocycles. The maximum Gasteiger partial charge on any atom is 0.129 e. The average Bonchev–Trinajstić information content (AvgIpc) is 2.42. The summed E-state index contributed by atoms with van der Waals surface area (Å²) in [5.74, 6) is 0.550. The summed E-state index contributed by atoms with van der Waals surface area (Å²) < 4.78 is 13.8. The molecule has 1 aromatic carbocycles. The van der Waals surface area contributed by atoms with Crippen LogP contribution in [0.1, 0.15) is 24.8 Å². The number of rotatable bonds is 2. The predicted octanol–water partition coefficient (Wildman–Crippen LogP) is 3.05. The van der Waals surface area contributed by atoms with Gasteiger partial charge in [0.1, 0.15) is 5.82 Å². The monoisotopic (exact) mass is 282 g/mol. The third-order valence-corrected chi connectivity index (χ3v) is 4.62. The van der Waals surface area contributed by atoms with E-state index >= 15 is 0 Å². The Labute approximate surface area is 118 Å². The Hall–Kier alpha value is -0.640. The minimum atomic E-state index is -0.184. The van der Waals surface area contributed by atoms with Gasteiger partial charge in [-0.25, -0.2) is 4.39 Å². The Morgan fingerprint density at radius 1 is 1.37 bits per heavy atom. The molecule has 2 unspecified atom stereocenters. The molecule has 0 radical (unpaired) electrons. The highest BCUT2D eigenvalue weighted by Crippen LogP contribution is 2.26. The van der Waals surface area contributed by atoms with Crippen LogP contribution < -0.4 is 5.32 Å². The molecule has 2 nitrogen and oxygen atoms in total. The molecule has 0 spiro atoms. The smallest absolute Gasteiger partial charge is 0.129 e. The van der Waals surface area contributed by atoms with Gasteiger partial charge >= 0.3 is 0 Å². The number of benzene rings is 1. The molecule has 2 saturated heterocycles. The number of hydrogen-bond donors (Lipinski definition) is 1. The molecule has 2 aliphatic rings. The highest BCUT2D eigenvalue weighted by molar-refractivity contribution is 6.30. The Morgan fingerprint density at radius 2 is 2.26 bits per heavy atom. The summed E-state index contributed by atoms with van der Waals surface area (Å²) in [5, 5.41) is 4.08. The van der Waals surface area contributed by atoms with Crippen LogP contribution in [0.25, 0.3) is 0 Å². The van der Waals surface area contributed by atoms with E-state index in [2.05, 4.69) is 10.2 Å². The molecule has 0 bridgehead atoms. The Bertz CT molecular complexity index is 452. The van der Waals surface area contributed by atoms with Crippen molar-refractivity contribution in [3.8, 4) is 0 Å². The van der Waals surface area contributed by atoms with E-state index < -0.39 is 0 Å². The molecule has 19 heavy (non-hydrogen) atoms. The molecule has 0 amide bonds. The van der Waals surface area contributed by atoms with Crippen LogP contribution >= 0.6 is 11.6 Å². The van der Waals surface area contributed by atoms with E-state index in [4.69, 9.17) is 11.6 Å². The number of fused-ring (bicyclic) bond motifs is 1. The topological polar surface area (TPSA) is 15.3 Å². The first kappa shape index (κ1) is 13.3. The summed E-state index contributed by atoms with van der Waals surface area (Å²) in [4.78, 5) is 2.38. The first-order valence-corrected chi connectivity index (χ1v) is 7.50. The molecular formula is C15H20ClFN2. The van der Waals surface area contributed by atoms with E-state index in [0.717, 1.165) is 31.1 Å². The van der Waals surface area contributed by atoms with E-state index in [1.807, 2.05) is 6.07 Å². The second-order valence-corrected chi connectivity index (χ2v) is 6.16. The molecule has 104 valence electrons. The van der Waals surface area contributed by atoms with Gasteiger partial charge in [-0.15, -0.1) is 0 Å². The molecule has 2 atom stereocenters. The minimum absolute atomic E-state index is 0.184. The quantitative estimate of drug-likeness (QED) is 0.897. The van der Waals surface area contributed by atoms with E-state index in [1.54, 1.807) is 6.07 Å². The SMILES string of the molecule is Fc1cc(Cl)ccc1CN1CCC2NCCCC2C1. The van der Waals surface area contributed by atoms with Crippen LogP contribution in [0.3, 0.4) is 0 Å². The number of piperidine rings is 2. The predicted molar refractivity (Wildman–Crippen MR) is 75.8 cm³/mol. The fraction of sp³-hybridized carbons (Fsp3) is 0.600. The summed E-state index contributed by atoms with van der Waals surface area (Å²) >= 11 is 5.79. The lowest BCUT2D eigenvalue weighted by Crippen LogP contribution is -2.51. The van der Waals surface area contributed by atoms with Gasteiger partial charge in [-0.2, -0.15) is 0 Å². The van der Waals surface area contributed by atoms with E-state index in [1.165, 1.54) is 25.3 Å². The molecule has 1 N–H and O–H groups in total. The summed E-state index contributed by atoms with van der Waals surface area (Å²) in [5.41, 5.74) is 0.756. The summed E-state index contributed by atoms with van der Waals surface area (Å²) in [6.07, 6.45) is 3.75. The molecule has 0 aromatic heterocycles. The Balaban J connectivity index is 1.64. The fourth-order valence-corrected chi connectivity index (χ4v) is 3.51. The van der Waals surface area contributed by atoms with Crippen LogP contribution in [0.2, 0.25) is 5.02 Å². The van der Waals surface area contributed by atoms with Crippen LogP contribution in [0, 0.1) is 11.7 Å².